The van der Waals surface area contributed by atoms with Crippen LogP contribution in [0, 0.1) is 0 Å². The Bertz CT molecular complexity index is 610. The molecule has 2 aromatic rings. The van der Waals surface area contributed by atoms with E-state index in [-0.39, 0.29) is 23.4 Å². The summed E-state index contributed by atoms with van der Waals surface area (Å²) in [4.78, 5) is 17.9. The SMILES string of the molecule is O=c1ccc2c([C@H](O)CNO)ccc(OO)c2[nH]1. The minimum Gasteiger partial charge on any atom is -0.387 e. The Labute approximate surface area is 101 Å². The van der Waals surface area contributed by atoms with Gasteiger partial charge in [-0.3, -0.25) is 4.79 Å². The second-order valence-electron chi connectivity index (χ2n) is 3.73. The maximum atomic E-state index is 11.3. The Balaban J connectivity index is 2.66. The monoisotopic (exact) mass is 252 g/mol. The molecular weight excluding hydrogens is 240 g/mol. The Kier molecular flexibility index (Phi) is 3.58. The number of aromatic nitrogens is 1. The Morgan fingerprint density at radius 1 is 1.33 bits per heavy atom. The van der Waals surface area contributed by atoms with Crippen molar-refractivity contribution >= 4 is 10.9 Å². The molecule has 1 heterocycles. The third kappa shape index (κ3) is 2.20. The third-order valence-corrected chi connectivity index (χ3v) is 2.63. The largest absolute Gasteiger partial charge is 0.387 e. The van der Waals surface area contributed by atoms with Gasteiger partial charge < -0.3 is 20.2 Å². The molecule has 0 amide bonds. The maximum Gasteiger partial charge on any atom is 0.248 e. The zero-order valence-electron chi connectivity index (χ0n) is 9.25. The summed E-state index contributed by atoms with van der Waals surface area (Å²) in [5, 5.41) is 27.7. The van der Waals surface area contributed by atoms with Crippen molar-refractivity contribution in [3.63, 3.8) is 0 Å². The van der Waals surface area contributed by atoms with E-state index in [1.807, 2.05) is 5.48 Å². The van der Waals surface area contributed by atoms with Crippen molar-refractivity contribution in [3.05, 3.63) is 40.2 Å². The Morgan fingerprint density at radius 3 is 2.78 bits per heavy atom. The van der Waals surface area contributed by atoms with Crippen molar-refractivity contribution in [3.8, 4) is 5.75 Å². The van der Waals surface area contributed by atoms with Crippen LogP contribution >= 0.6 is 0 Å². The fourth-order valence-electron chi connectivity index (χ4n) is 1.81. The molecule has 7 heteroatoms. The van der Waals surface area contributed by atoms with Crippen LogP contribution in [0.4, 0.5) is 0 Å². The maximum absolute atomic E-state index is 11.3. The van der Waals surface area contributed by atoms with E-state index >= 15 is 0 Å². The number of pyridine rings is 1. The van der Waals surface area contributed by atoms with Crippen molar-refractivity contribution in [2.75, 3.05) is 6.54 Å². The van der Waals surface area contributed by atoms with E-state index in [0.29, 0.717) is 10.9 Å². The summed E-state index contributed by atoms with van der Waals surface area (Å²) in [7, 11) is 0. The molecule has 0 saturated heterocycles. The minimum absolute atomic E-state index is 0.0619. The van der Waals surface area contributed by atoms with Crippen LogP contribution in [0.1, 0.15) is 11.7 Å². The molecule has 96 valence electrons. The van der Waals surface area contributed by atoms with E-state index in [1.54, 1.807) is 0 Å². The van der Waals surface area contributed by atoms with Crippen molar-refractivity contribution in [1.29, 1.82) is 0 Å². The highest BCUT2D eigenvalue weighted by Crippen LogP contribution is 2.28. The molecule has 1 atom stereocenters. The first kappa shape index (κ1) is 12.5. The van der Waals surface area contributed by atoms with Gasteiger partial charge in [0.25, 0.3) is 0 Å². The lowest BCUT2D eigenvalue weighted by molar-refractivity contribution is -0.136. The number of nitrogens with one attached hydrogen (secondary N) is 2. The smallest absolute Gasteiger partial charge is 0.248 e. The molecule has 0 saturated carbocycles. The lowest BCUT2D eigenvalue weighted by Crippen LogP contribution is -2.18. The molecule has 0 unspecified atom stereocenters. The van der Waals surface area contributed by atoms with Gasteiger partial charge in [-0.2, -0.15) is 0 Å². The number of aliphatic hydroxyl groups excluding tert-OH is 1. The number of hydrogen-bond acceptors (Lipinski definition) is 6. The second-order valence-corrected chi connectivity index (χ2v) is 3.73. The van der Waals surface area contributed by atoms with Crippen LogP contribution < -0.4 is 15.9 Å². The molecule has 0 aliphatic heterocycles. The van der Waals surface area contributed by atoms with Crippen molar-refractivity contribution in [2.45, 2.75) is 6.10 Å². The van der Waals surface area contributed by atoms with Gasteiger partial charge in [0.05, 0.1) is 18.2 Å². The fourth-order valence-corrected chi connectivity index (χ4v) is 1.81. The standard InChI is InChI=1S/C11H12N2O5/c14-8(5-12-16)6-1-3-9(18-17)11-7(6)2-4-10(15)13-11/h1-4,8,12,14,16-17H,5H2,(H,13,15)/t8-/m1/s1. The summed E-state index contributed by atoms with van der Waals surface area (Å²) in [6.07, 6.45) is -0.962. The predicted octanol–water partition coefficient (Wildman–Crippen LogP) is 0.392. The molecular formula is C11H12N2O5. The van der Waals surface area contributed by atoms with E-state index in [9.17, 15) is 9.90 Å². The molecule has 1 aromatic heterocycles. The lowest BCUT2D eigenvalue weighted by atomic mass is 10.0. The predicted molar refractivity (Wildman–Crippen MR) is 62.6 cm³/mol. The summed E-state index contributed by atoms with van der Waals surface area (Å²) in [6.45, 7) is -0.0619. The van der Waals surface area contributed by atoms with Crippen LogP contribution in [0.3, 0.4) is 0 Å². The number of hydroxylamine groups is 1. The minimum atomic E-state index is -0.962. The fraction of sp³-hybridized carbons (Fsp3) is 0.182. The van der Waals surface area contributed by atoms with E-state index in [2.05, 4.69) is 9.87 Å². The molecule has 1 aromatic carbocycles. The lowest BCUT2D eigenvalue weighted by Gasteiger charge is -2.13. The Morgan fingerprint density at radius 2 is 2.11 bits per heavy atom. The molecule has 5 N–H and O–H groups in total. The van der Waals surface area contributed by atoms with Crippen LogP contribution in [-0.2, 0) is 0 Å². The molecule has 0 spiro atoms. The topological polar surface area (TPSA) is 115 Å². The van der Waals surface area contributed by atoms with E-state index < -0.39 is 6.10 Å². The summed E-state index contributed by atoms with van der Waals surface area (Å²) in [5.74, 6) is 0.0793. The van der Waals surface area contributed by atoms with Crippen LogP contribution in [-0.4, -0.2) is 27.1 Å². The summed E-state index contributed by atoms with van der Waals surface area (Å²) >= 11 is 0. The zero-order valence-corrected chi connectivity index (χ0v) is 9.25. The van der Waals surface area contributed by atoms with Crippen LogP contribution in [0.2, 0.25) is 0 Å². The zero-order chi connectivity index (χ0) is 13.1. The quantitative estimate of drug-likeness (QED) is 0.397. The van der Waals surface area contributed by atoms with Gasteiger partial charge in [0.1, 0.15) is 0 Å². The average molecular weight is 252 g/mol. The average Bonchev–Trinajstić information content (AvgIpc) is 2.37. The van der Waals surface area contributed by atoms with E-state index in [1.165, 1.54) is 24.3 Å². The van der Waals surface area contributed by atoms with Gasteiger partial charge in [-0.25, -0.2) is 10.7 Å². The number of aromatic amines is 1. The second kappa shape index (κ2) is 5.15. The van der Waals surface area contributed by atoms with Crippen molar-refractivity contribution in [1.82, 2.24) is 10.5 Å². The summed E-state index contributed by atoms with van der Waals surface area (Å²) in [5.41, 5.74) is 2.28. The first-order valence-electron chi connectivity index (χ1n) is 5.19. The first-order valence-corrected chi connectivity index (χ1v) is 5.19. The molecule has 18 heavy (non-hydrogen) atoms. The van der Waals surface area contributed by atoms with Crippen molar-refractivity contribution < 1.29 is 20.5 Å². The van der Waals surface area contributed by atoms with Crippen LogP contribution in [0.15, 0.2) is 29.1 Å². The molecule has 0 bridgehead atoms. The van der Waals surface area contributed by atoms with E-state index in [4.69, 9.17) is 10.5 Å². The van der Waals surface area contributed by atoms with Gasteiger partial charge >= 0.3 is 0 Å². The highest BCUT2D eigenvalue weighted by molar-refractivity contribution is 5.87. The molecule has 0 fully saturated rings. The molecule has 0 aliphatic rings. The third-order valence-electron chi connectivity index (χ3n) is 2.63. The highest BCUT2D eigenvalue weighted by atomic mass is 17.1. The summed E-state index contributed by atoms with van der Waals surface area (Å²) in [6, 6.07) is 5.75. The van der Waals surface area contributed by atoms with E-state index in [0.717, 1.165) is 0 Å². The molecule has 7 nitrogen and oxygen atoms in total. The number of benzene rings is 1. The highest BCUT2D eigenvalue weighted by Gasteiger charge is 2.14. The van der Waals surface area contributed by atoms with Gasteiger partial charge in [-0.1, -0.05) is 6.07 Å². The number of rotatable bonds is 4. The molecule has 0 aliphatic carbocycles. The van der Waals surface area contributed by atoms with Gasteiger partial charge in [-0.15, -0.1) is 0 Å². The number of hydrogen-bond donors (Lipinski definition) is 5. The van der Waals surface area contributed by atoms with Gasteiger partial charge in [0.15, 0.2) is 5.75 Å². The van der Waals surface area contributed by atoms with Gasteiger partial charge in [-0.05, 0) is 17.7 Å². The van der Waals surface area contributed by atoms with Gasteiger partial charge in [0, 0.05) is 11.5 Å². The number of fused-ring (bicyclic) bond motifs is 1. The van der Waals surface area contributed by atoms with Gasteiger partial charge in [0.2, 0.25) is 5.56 Å². The van der Waals surface area contributed by atoms with Crippen LogP contribution in [0.25, 0.3) is 10.9 Å². The van der Waals surface area contributed by atoms with Crippen molar-refractivity contribution in [2.24, 2.45) is 0 Å². The number of H-pyrrole nitrogens is 1. The molecule has 0 radical (unpaired) electrons. The van der Waals surface area contributed by atoms with Crippen LogP contribution in [0.5, 0.6) is 5.75 Å². The summed E-state index contributed by atoms with van der Waals surface area (Å²) < 4.78 is 0. The first-order chi connectivity index (χ1) is 8.67. The molecule has 2 rings (SSSR count). The number of aliphatic hydroxyl groups is 1. The Hall–Kier alpha value is -1.93. The normalized spacial score (nSPS) is 12.6.